The Kier molecular flexibility index (Phi) is 12.3. The summed E-state index contributed by atoms with van der Waals surface area (Å²) >= 11 is 0. The summed E-state index contributed by atoms with van der Waals surface area (Å²) in [4.78, 5) is 0. The average Bonchev–Trinajstić information content (AvgIpc) is 3.20. The molecule has 4 N–H and O–H groups in total. The van der Waals surface area contributed by atoms with Crippen LogP contribution in [0.2, 0.25) is 0 Å². The number of rotatable bonds is 16. The Morgan fingerprint density at radius 1 is 1.00 bits per heavy atom. The number of aliphatic hydroxyl groups excluding tert-OH is 2. The summed E-state index contributed by atoms with van der Waals surface area (Å²) in [6, 6.07) is 4.98. The highest BCUT2D eigenvalue weighted by atomic mass is 32.2. The number of unbranched alkanes of at least 4 members (excludes halogenated alkanes) is 6. The van der Waals surface area contributed by atoms with Gasteiger partial charge in [0.1, 0.15) is 5.75 Å². The minimum atomic E-state index is -5.58. The number of halogens is 5. The predicted molar refractivity (Wildman–Crippen MR) is 171 cm³/mol. The summed E-state index contributed by atoms with van der Waals surface area (Å²) in [6.07, 6.45) is 0.281. The summed E-state index contributed by atoms with van der Waals surface area (Å²) in [5, 5.41) is 27.7. The van der Waals surface area contributed by atoms with Gasteiger partial charge in [-0.3, -0.25) is 4.21 Å². The first-order valence-electron chi connectivity index (χ1n) is 16.6. The van der Waals surface area contributed by atoms with E-state index in [0.717, 1.165) is 68.9 Å². The quantitative estimate of drug-likeness (QED) is 0.0944. The molecule has 0 radical (unpaired) electrons. The average molecular weight is 714 g/mol. The first-order chi connectivity index (χ1) is 21.9. The molecule has 0 heterocycles. The Morgan fingerprint density at radius 2 is 1.62 bits per heavy atom. The zero-order valence-electron chi connectivity index (χ0n) is 26.8. The van der Waals surface area contributed by atoms with Gasteiger partial charge in [-0.15, -0.1) is 0 Å². The molecule has 8 atom stereocenters. The van der Waals surface area contributed by atoms with Gasteiger partial charge in [-0.05, 0) is 96.4 Å². The number of benzene rings is 1. The molecule has 7 nitrogen and oxygen atoms in total. The first-order valence-corrected chi connectivity index (χ1v) is 19.5. The SMILES string of the molecule is C=C1[C@H](O)CC2C3C(CC[C@]12C)c1ccc(OS(N)(=O)=O)cc1[C@@H](O)C3CCCCCCCCCS(=O)CCCC(F)(F)C(F)(F)F. The number of alkyl halides is 5. The molecule has 1 aromatic carbocycles. The van der Waals surface area contributed by atoms with Gasteiger partial charge < -0.3 is 14.4 Å². The summed E-state index contributed by atoms with van der Waals surface area (Å²) in [5.74, 6) is -4.27. The monoisotopic (exact) mass is 713 g/mol. The van der Waals surface area contributed by atoms with E-state index in [9.17, 15) is 44.8 Å². The van der Waals surface area contributed by atoms with Crippen molar-refractivity contribution >= 4 is 21.1 Å². The number of fused-ring (bicyclic) bond motifs is 5. The maximum Gasteiger partial charge on any atom is 0.453 e. The van der Waals surface area contributed by atoms with E-state index in [1.54, 1.807) is 12.1 Å². The molecule has 47 heavy (non-hydrogen) atoms. The van der Waals surface area contributed by atoms with E-state index in [2.05, 4.69) is 13.5 Å². The molecule has 0 bridgehead atoms. The van der Waals surface area contributed by atoms with Crippen molar-refractivity contribution in [3.8, 4) is 5.75 Å². The molecule has 1 aromatic rings. The summed E-state index contributed by atoms with van der Waals surface area (Å²) in [6.45, 7) is 6.42. The van der Waals surface area contributed by atoms with E-state index >= 15 is 0 Å². The third-order valence-electron chi connectivity index (χ3n) is 10.9. The van der Waals surface area contributed by atoms with Crippen LogP contribution in [0, 0.1) is 23.2 Å². The minimum Gasteiger partial charge on any atom is -0.389 e. The number of hydrogen-bond acceptors (Lipinski definition) is 6. The molecule has 4 rings (SSSR count). The highest BCUT2D eigenvalue weighted by molar-refractivity contribution is 7.85. The van der Waals surface area contributed by atoms with E-state index in [-0.39, 0.29) is 46.3 Å². The van der Waals surface area contributed by atoms with Crippen LogP contribution in [0.25, 0.3) is 0 Å². The van der Waals surface area contributed by atoms with Crippen LogP contribution in [0.3, 0.4) is 0 Å². The van der Waals surface area contributed by atoms with Crippen molar-refractivity contribution in [3.05, 3.63) is 41.5 Å². The van der Waals surface area contributed by atoms with Gasteiger partial charge in [-0.2, -0.15) is 35.5 Å². The van der Waals surface area contributed by atoms with E-state index in [0.29, 0.717) is 18.4 Å². The molecular weight excluding hydrogens is 665 g/mol. The molecule has 14 heteroatoms. The Morgan fingerprint density at radius 3 is 2.26 bits per heavy atom. The highest BCUT2D eigenvalue weighted by Gasteiger charge is 2.58. The molecule has 3 aliphatic rings. The smallest absolute Gasteiger partial charge is 0.389 e. The van der Waals surface area contributed by atoms with Gasteiger partial charge in [-0.25, -0.2) is 0 Å². The molecule has 2 fully saturated rings. The molecule has 2 saturated carbocycles. The maximum absolute atomic E-state index is 13.0. The fraction of sp³-hybridized carbons (Fsp3) is 0.758. The Balaban J connectivity index is 1.28. The van der Waals surface area contributed by atoms with Crippen LogP contribution in [0.5, 0.6) is 5.75 Å². The van der Waals surface area contributed by atoms with Crippen LogP contribution in [0.4, 0.5) is 22.0 Å². The highest BCUT2D eigenvalue weighted by Crippen LogP contribution is 2.65. The molecule has 0 aromatic heterocycles. The molecule has 3 aliphatic carbocycles. The van der Waals surface area contributed by atoms with Crippen LogP contribution >= 0.6 is 0 Å². The summed E-state index contributed by atoms with van der Waals surface area (Å²) < 4.78 is 103. The number of hydrogen-bond donors (Lipinski definition) is 3. The molecule has 0 saturated heterocycles. The fourth-order valence-electron chi connectivity index (χ4n) is 8.43. The second-order valence-corrected chi connectivity index (χ2v) is 16.8. The van der Waals surface area contributed by atoms with Gasteiger partial charge in [0.2, 0.25) is 0 Å². The van der Waals surface area contributed by atoms with Gasteiger partial charge in [-0.1, -0.05) is 58.1 Å². The van der Waals surface area contributed by atoms with Crippen LogP contribution in [-0.4, -0.2) is 52.5 Å². The van der Waals surface area contributed by atoms with E-state index in [1.807, 2.05) is 6.07 Å². The Labute approximate surface area is 277 Å². The Bertz CT molecular complexity index is 1390. The fourth-order valence-corrected chi connectivity index (χ4v) is 10.00. The van der Waals surface area contributed by atoms with Gasteiger partial charge in [0.05, 0.1) is 12.2 Å². The molecule has 5 unspecified atom stereocenters. The van der Waals surface area contributed by atoms with E-state index in [4.69, 9.17) is 9.32 Å². The maximum atomic E-state index is 13.0. The summed E-state index contributed by atoms with van der Waals surface area (Å²) in [7, 11) is -5.65. The lowest BCUT2D eigenvalue weighted by atomic mass is 9.51. The molecule has 0 spiro atoms. The lowest BCUT2D eigenvalue weighted by Crippen LogP contribution is -2.45. The van der Waals surface area contributed by atoms with Crippen molar-refractivity contribution in [1.29, 1.82) is 0 Å². The largest absolute Gasteiger partial charge is 0.453 e. The normalized spacial score (nSPS) is 30.0. The second kappa shape index (κ2) is 15.1. The van der Waals surface area contributed by atoms with Crippen molar-refractivity contribution in [1.82, 2.24) is 0 Å². The van der Waals surface area contributed by atoms with Crippen molar-refractivity contribution in [2.45, 2.75) is 121 Å². The molecule has 0 amide bonds. The number of aliphatic hydroxyl groups is 2. The third kappa shape index (κ3) is 8.95. The van der Waals surface area contributed by atoms with Crippen molar-refractivity contribution in [2.24, 2.45) is 28.3 Å². The minimum absolute atomic E-state index is 0.0552. The standard InChI is InChI=1S/C33H48F5NO6S2/c1-21-28(40)20-27-29-24(14-16-31(21,27)2)23-13-12-22(45-47(39,43)44)19-26(23)30(41)25(29)11-8-6-4-3-5-7-9-17-46(42)18-10-15-32(34,35)33(36,37)38/h12-13,19,24-25,27-30,40-41H,1,3-11,14-18,20H2,2H3,(H2,39,43,44)/t24?,25?,27?,28-,29?,30+,31-,46?/m1/s1. The molecular formula is C33H48F5NO6S2. The molecule has 0 aliphatic heterocycles. The van der Waals surface area contributed by atoms with Gasteiger partial charge in [0.15, 0.2) is 0 Å². The molecule has 268 valence electrons. The van der Waals surface area contributed by atoms with E-state index in [1.165, 1.54) is 0 Å². The van der Waals surface area contributed by atoms with Crippen LogP contribution in [0.15, 0.2) is 30.4 Å². The van der Waals surface area contributed by atoms with Crippen LogP contribution in [0.1, 0.15) is 114 Å². The first kappa shape index (κ1) is 38.2. The van der Waals surface area contributed by atoms with Crippen LogP contribution < -0.4 is 9.32 Å². The van der Waals surface area contributed by atoms with Crippen molar-refractivity contribution < 1.29 is 49.0 Å². The topological polar surface area (TPSA) is 127 Å². The third-order valence-corrected chi connectivity index (χ3v) is 12.8. The second-order valence-electron chi connectivity index (χ2n) is 13.9. The zero-order valence-corrected chi connectivity index (χ0v) is 28.5. The lowest BCUT2D eigenvalue weighted by molar-refractivity contribution is -0.284. The van der Waals surface area contributed by atoms with Gasteiger partial charge >= 0.3 is 22.4 Å². The Hall–Kier alpha value is -1.61. The van der Waals surface area contributed by atoms with Gasteiger partial charge in [0.25, 0.3) is 0 Å². The number of nitrogens with two attached hydrogens (primary N) is 1. The predicted octanol–water partition coefficient (Wildman–Crippen LogP) is 7.22. The summed E-state index contributed by atoms with van der Waals surface area (Å²) in [5.41, 5.74) is 2.29. The van der Waals surface area contributed by atoms with Crippen molar-refractivity contribution in [3.63, 3.8) is 0 Å². The van der Waals surface area contributed by atoms with E-state index < -0.39 is 58.3 Å². The zero-order chi connectivity index (χ0) is 34.8. The van der Waals surface area contributed by atoms with Crippen LogP contribution in [-0.2, 0) is 21.1 Å². The lowest BCUT2D eigenvalue weighted by Gasteiger charge is -2.53. The van der Waals surface area contributed by atoms with Crippen molar-refractivity contribution in [2.75, 3.05) is 11.5 Å². The van der Waals surface area contributed by atoms with Gasteiger partial charge in [0, 0.05) is 28.7 Å².